The lowest BCUT2D eigenvalue weighted by atomic mass is 10.0. The first-order chi connectivity index (χ1) is 6.20. The molecule has 0 aliphatic carbocycles. The van der Waals surface area contributed by atoms with Gasteiger partial charge < -0.3 is 14.6 Å². The molecule has 1 aliphatic rings. The molecule has 4 nitrogen and oxygen atoms in total. The molecular formula is C8H13FO4. The Hall–Kier alpha value is -0.680. The van der Waals surface area contributed by atoms with Gasteiger partial charge in [-0.25, -0.2) is 9.18 Å². The molecule has 0 bridgehead atoms. The van der Waals surface area contributed by atoms with Crippen LogP contribution in [0, 0.1) is 5.92 Å². The quantitative estimate of drug-likeness (QED) is 0.716. The molecule has 5 heteroatoms. The van der Waals surface area contributed by atoms with E-state index in [1.54, 1.807) is 0 Å². The molecule has 1 aliphatic heterocycles. The van der Waals surface area contributed by atoms with Gasteiger partial charge in [0.1, 0.15) is 0 Å². The van der Waals surface area contributed by atoms with Crippen LogP contribution in [0.1, 0.15) is 12.8 Å². The molecule has 76 valence electrons. The van der Waals surface area contributed by atoms with Crippen molar-refractivity contribution >= 4 is 5.97 Å². The molecule has 1 unspecified atom stereocenters. The molecule has 1 saturated heterocycles. The van der Waals surface area contributed by atoms with Crippen LogP contribution in [0.4, 0.5) is 4.39 Å². The van der Waals surface area contributed by atoms with E-state index < -0.39 is 12.3 Å². The van der Waals surface area contributed by atoms with Crippen LogP contribution in [-0.2, 0) is 14.3 Å². The van der Waals surface area contributed by atoms with E-state index >= 15 is 0 Å². The number of aliphatic carboxylic acids is 1. The molecule has 1 atom stereocenters. The average Bonchev–Trinajstić information content (AvgIpc) is 2.15. The minimum Gasteiger partial charge on any atom is -0.477 e. The third kappa shape index (κ3) is 3.69. The van der Waals surface area contributed by atoms with Crippen molar-refractivity contribution in [3.63, 3.8) is 0 Å². The molecule has 0 saturated carbocycles. The Morgan fingerprint density at radius 2 is 2.23 bits per heavy atom. The van der Waals surface area contributed by atoms with Gasteiger partial charge in [-0.2, -0.15) is 0 Å². The summed E-state index contributed by atoms with van der Waals surface area (Å²) in [7, 11) is 0. The zero-order chi connectivity index (χ0) is 9.68. The molecule has 1 fully saturated rings. The van der Waals surface area contributed by atoms with Crippen molar-refractivity contribution in [1.82, 2.24) is 0 Å². The third-order valence-corrected chi connectivity index (χ3v) is 2.01. The summed E-state index contributed by atoms with van der Waals surface area (Å²) in [6, 6.07) is 0. The van der Waals surface area contributed by atoms with Crippen LogP contribution in [0.25, 0.3) is 0 Å². The zero-order valence-electron chi connectivity index (χ0n) is 7.24. The second-order valence-electron chi connectivity index (χ2n) is 3.04. The second-order valence-corrected chi connectivity index (χ2v) is 3.04. The van der Waals surface area contributed by atoms with Gasteiger partial charge >= 0.3 is 5.97 Å². The zero-order valence-corrected chi connectivity index (χ0v) is 7.24. The Bertz CT molecular complexity index is 168. The molecule has 0 aromatic heterocycles. The Labute approximate surface area is 75.6 Å². The van der Waals surface area contributed by atoms with Crippen molar-refractivity contribution in [2.45, 2.75) is 19.2 Å². The predicted octanol–water partition coefficient (Wildman–Crippen LogP) is 0.810. The summed E-state index contributed by atoms with van der Waals surface area (Å²) in [6.07, 6.45) is -0.568. The molecule has 1 rings (SSSR count). The fraction of sp³-hybridized carbons (Fsp3) is 0.875. The Morgan fingerprint density at radius 1 is 1.62 bits per heavy atom. The number of carbonyl (C=O) groups is 1. The number of alkyl halides is 1. The first-order valence-electron chi connectivity index (χ1n) is 4.26. The maximum Gasteiger partial charge on any atom is 0.366 e. The number of ether oxygens (including phenoxy) is 2. The van der Waals surface area contributed by atoms with E-state index in [1.807, 2.05) is 0 Å². The fourth-order valence-electron chi connectivity index (χ4n) is 1.20. The third-order valence-electron chi connectivity index (χ3n) is 2.01. The van der Waals surface area contributed by atoms with Gasteiger partial charge in [-0.3, -0.25) is 0 Å². The Morgan fingerprint density at radius 3 is 2.77 bits per heavy atom. The minimum atomic E-state index is -2.19. The van der Waals surface area contributed by atoms with Gasteiger partial charge in [0.2, 0.25) is 0 Å². The number of hydrogen-bond acceptors (Lipinski definition) is 3. The summed E-state index contributed by atoms with van der Waals surface area (Å²) in [5.41, 5.74) is 0. The normalized spacial score (nSPS) is 21.3. The molecule has 0 aromatic rings. The van der Waals surface area contributed by atoms with Gasteiger partial charge in [-0.1, -0.05) is 0 Å². The number of hydrogen-bond donors (Lipinski definition) is 1. The van der Waals surface area contributed by atoms with Crippen LogP contribution in [0.5, 0.6) is 0 Å². The molecule has 0 amide bonds. The van der Waals surface area contributed by atoms with Gasteiger partial charge in [0.05, 0.1) is 6.61 Å². The second kappa shape index (κ2) is 5.14. The van der Waals surface area contributed by atoms with Crippen LogP contribution in [-0.4, -0.2) is 37.3 Å². The molecule has 1 N–H and O–H groups in total. The summed E-state index contributed by atoms with van der Waals surface area (Å²) in [5, 5.41) is 8.19. The molecule has 0 spiro atoms. The number of halogens is 1. The smallest absolute Gasteiger partial charge is 0.366 e. The summed E-state index contributed by atoms with van der Waals surface area (Å²) >= 11 is 0. The van der Waals surface area contributed by atoms with E-state index in [0.717, 1.165) is 12.8 Å². The fourth-order valence-corrected chi connectivity index (χ4v) is 1.20. The van der Waals surface area contributed by atoms with Crippen LogP contribution in [0.2, 0.25) is 0 Å². The highest BCUT2D eigenvalue weighted by Gasteiger charge is 2.20. The lowest BCUT2D eigenvalue weighted by Gasteiger charge is -2.21. The Balaban J connectivity index is 2.13. The molecule has 13 heavy (non-hydrogen) atoms. The molecule has 0 aromatic carbocycles. The maximum atomic E-state index is 12.4. The summed E-state index contributed by atoms with van der Waals surface area (Å²) in [6.45, 7) is 1.47. The van der Waals surface area contributed by atoms with Crippen LogP contribution in [0.15, 0.2) is 0 Å². The largest absolute Gasteiger partial charge is 0.477 e. The number of rotatable bonds is 4. The molecular weight excluding hydrogens is 179 g/mol. The predicted molar refractivity (Wildman–Crippen MR) is 42.0 cm³/mol. The monoisotopic (exact) mass is 192 g/mol. The maximum absolute atomic E-state index is 12.4. The first kappa shape index (κ1) is 10.4. The van der Waals surface area contributed by atoms with Gasteiger partial charge in [0.25, 0.3) is 6.36 Å². The topological polar surface area (TPSA) is 55.8 Å². The van der Waals surface area contributed by atoms with Gasteiger partial charge in [-0.15, -0.1) is 0 Å². The minimum absolute atomic E-state index is 0.164. The summed E-state index contributed by atoms with van der Waals surface area (Å²) in [4.78, 5) is 10.0. The Kier molecular flexibility index (Phi) is 4.11. The van der Waals surface area contributed by atoms with Crippen LogP contribution >= 0.6 is 0 Å². The van der Waals surface area contributed by atoms with E-state index in [0.29, 0.717) is 13.2 Å². The van der Waals surface area contributed by atoms with E-state index in [9.17, 15) is 9.18 Å². The van der Waals surface area contributed by atoms with Crippen molar-refractivity contribution in [2.75, 3.05) is 19.8 Å². The molecule has 0 radical (unpaired) electrons. The van der Waals surface area contributed by atoms with E-state index in [1.165, 1.54) is 0 Å². The van der Waals surface area contributed by atoms with Crippen molar-refractivity contribution in [3.05, 3.63) is 0 Å². The van der Waals surface area contributed by atoms with Crippen molar-refractivity contribution in [3.8, 4) is 0 Å². The SMILES string of the molecule is O=C(O)C(F)OCC1CCOCC1. The van der Waals surface area contributed by atoms with Crippen molar-refractivity contribution in [2.24, 2.45) is 5.92 Å². The van der Waals surface area contributed by atoms with Crippen molar-refractivity contribution < 1.29 is 23.8 Å². The van der Waals surface area contributed by atoms with Gasteiger partial charge in [0.15, 0.2) is 0 Å². The van der Waals surface area contributed by atoms with E-state index in [4.69, 9.17) is 9.84 Å². The first-order valence-corrected chi connectivity index (χ1v) is 4.26. The highest BCUT2D eigenvalue weighted by atomic mass is 19.1. The van der Waals surface area contributed by atoms with E-state index in [-0.39, 0.29) is 12.5 Å². The lowest BCUT2D eigenvalue weighted by Crippen LogP contribution is -2.25. The molecule has 1 heterocycles. The lowest BCUT2D eigenvalue weighted by molar-refractivity contribution is -0.165. The standard InChI is InChI=1S/C8H13FO4/c9-7(8(10)11)13-5-6-1-3-12-4-2-6/h6-7H,1-5H2,(H,10,11). The number of carboxylic acids is 1. The number of carboxylic acid groups (broad SMARTS) is 1. The van der Waals surface area contributed by atoms with Crippen molar-refractivity contribution in [1.29, 1.82) is 0 Å². The van der Waals surface area contributed by atoms with Gasteiger partial charge in [0, 0.05) is 13.2 Å². The summed E-state index contributed by atoms with van der Waals surface area (Å²) < 4.78 is 22.0. The van der Waals surface area contributed by atoms with Crippen LogP contribution < -0.4 is 0 Å². The highest BCUT2D eigenvalue weighted by Crippen LogP contribution is 2.15. The van der Waals surface area contributed by atoms with Crippen LogP contribution in [0.3, 0.4) is 0 Å². The summed E-state index contributed by atoms with van der Waals surface area (Å²) in [5.74, 6) is -1.33. The highest BCUT2D eigenvalue weighted by molar-refractivity contribution is 5.70. The van der Waals surface area contributed by atoms with Gasteiger partial charge in [-0.05, 0) is 18.8 Å². The van der Waals surface area contributed by atoms with E-state index in [2.05, 4.69) is 4.74 Å². The average molecular weight is 192 g/mol.